The molecule has 2 aromatic rings. The Morgan fingerprint density at radius 1 is 1.55 bits per heavy atom. The van der Waals surface area contributed by atoms with Crippen molar-refractivity contribution in [1.82, 2.24) is 20.1 Å². The van der Waals surface area contributed by atoms with E-state index in [1.165, 1.54) is 5.56 Å². The van der Waals surface area contributed by atoms with Crippen molar-refractivity contribution in [1.29, 1.82) is 0 Å². The molecule has 1 fully saturated rings. The van der Waals surface area contributed by atoms with Gasteiger partial charge in [-0.3, -0.25) is 4.68 Å². The number of hydrogen-bond acceptors (Lipinski definition) is 5. The van der Waals surface area contributed by atoms with Gasteiger partial charge in [-0.15, -0.1) is 11.3 Å². The van der Waals surface area contributed by atoms with Crippen molar-refractivity contribution in [2.24, 2.45) is 0 Å². The van der Waals surface area contributed by atoms with E-state index in [9.17, 15) is 0 Å². The third-order valence-corrected chi connectivity index (χ3v) is 4.29. The summed E-state index contributed by atoms with van der Waals surface area (Å²) >= 11 is 1.63. The Morgan fingerprint density at radius 3 is 3.25 bits per heavy atom. The quantitative estimate of drug-likeness (QED) is 0.919. The highest BCUT2D eigenvalue weighted by Gasteiger charge is 2.28. The summed E-state index contributed by atoms with van der Waals surface area (Å²) in [6, 6.07) is 0.333. The predicted molar refractivity (Wildman–Crippen MR) is 78.6 cm³/mol. The fourth-order valence-electron chi connectivity index (χ4n) is 2.58. The first-order valence-electron chi connectivity index (χ1n) is 7.11. The fourth-order valence-corrected chi connectivity index (χ4v) is 3.14. The van der Waals surface area contributed by atoms with E-state index < -0.39 is 0 Å². The highest BCUT2D eigenvalue weighted by atomic mass is 32.1. The molecule has 0 unspecified atom stereocenters. The summed E-state index contributed by atoms with van der Waals surface area (Å²) in [6.45, 7) is 4.62. The molecule has 3 heterocycles. The summed E-state index contributed by atoms with van der Waals surface area (Å²) in [6.07, 6.45) is 6.35. The van der Waals surface area contributed by atoms with Crippen LogP contribution in [0.3, 0.4) is 0 Å². The molecule has 0 saturated carbocycles. The number of ether oxygens (including phenoxy) is 1. The second-order valence-corrected chi connectivity index (χ2v) is 5.75. The number of aryl methyl sites for hydroxylation is 1. The summed E-state index contributed by atoms with van der Waals surface area (Å²) in [5.41, 5.74) is 4.14. The average Bonchev–Trinajstić information content (AvgIpc) is 3.16. The molecule has 3 rings (SSSR count). The second-order valence-electron chi connectivity index (χ2n) is 5.03. The number of nitrogens with zero attached hydrogens (tertiary/aromatic N) is 3. The maximum Gasteiger partial charge on any atom is 0.101 e. The highest BCUT2D eigenvalue weighted by molar-refractivity contribution is 7.07. The van der Waals surface area contributed by atoms with Crippen LogP contribution in [0.25, 0.3) is 0 Å². The summed E-state index contributed by atoms with van der Waals surface area (Å²) in [5.74, 6) is 0. The van der Waals surface area contributed by atoms with Crippen LogP contribution in [0.2, 0.25) is 0 Å². The molecule has 0 bridgehead atoms. The van der Waals surface area contributed by atoms with E-state index in [4.69, 9.17) is 4.74 Å². The smallest absolute Gasteiger partial charge is 0.101 e. The standard InChI is InChI=1S/C14H20N4OS/c1-2-18-8-11(6-17-18)14-13(4-3-5-19-14)15-7-12-9-20-10-16-12/h6,8-10,13-15H,2-5,7H2,1H3/t13-,14+/m0/s1. The van der Waals surface area contributed by atoms with Gasteiger partial charge in [-0.2, -0.15) is 5.10 Å². The van der Waals surface area contributed by atoms with E-state index in [0.717, 1.165) is 38.2 Å². The Balaban J connectivity index is 1.67. The van der Waals surface area contributed by atoms with Crippen molar-refractivity contribution < 1.29 is 4.74 Å². The number of aromatic nitrogens is 3. The number of hydrogen-bond donors (Lipinski definition) is 1. The number of rotatable bonds is 5. The summed E-state index contributed by atoms with van der Waals surface area (Å²) < 4.78 is 7.92. The highest BCUT2D eigenvalue weighted by Crippen LogP contribution is 2.28. The first kappa shape index (κ1) is 13.7. The van der Waals surface area contributed by atoms with Crippen LogP contribution in [-0.2, 0) is 17.8 Å². The van der Waals surface area contributed by atoms with Crippen LogP contribution in [0.4, 0.5) is 0 Å². The second kappa shape index (κ2) is 6.47. The van der Waals surface area contributed by atoms with Gasteiger partial charge < -0.3 is 10.1 Å². The molecule has 0 aromatic carbocycles. The monoisotopic (exact) mass is 292 g/mol. The molecule has 5 nitrogen and oxygen atoms in total. The van der Waals surface area contributed by atoms with Crippen molar-refractivity contribution >= 4 is 11.3 Å². The van der Waals surface area contributed by atoms with Gasteiger partial charge in [-0.25, -0.2) is 4.98 Å². The Kier molecular flexibility index (Phi) is 4.44. The topological polar surface area (TPSA) is 52.0 Å². The maximum atomic E-state index is 5.97. The average molecular weight is 292 g/mol. The van der Waals surface area contributed by atoms with Crippen molar-refractivity contribution in [2.45, 2.75) is 45.0 Å². The zero-order valence-corrected chi connectivity index (χ0v) is 12.5. The van der Waals surface area contributed by atoms with E-state index in [1.807, 2.05) is 16.4 Å². The Bertz CT molecular complexity index is 525. The van der Waals surface area contributed by atoms with Gasteiger partial charge in [-0.05, 0) is 19.8 Å². The zero-order chi connectivity index (χ0) is 13.8. The molecule has 1 saturated heterocycles. The zero-order valence-electron chi connectivity index (χ0n) is 11.7. The Labute approximate surface area is 123 Å². The van der Waals surface area contributed by atoms with E-state index in [0.29, 0.717) is 6.04 Å². The van der Waals surface area contributed by atoms with Crippen LogP contribution in [0.15, 0.2) is 23.3 Å². The van der Waals surface area contributed by atoms with Crippen LogP contribution < -0.4 is 5.32 Å². The Morgan fingerprint density at radius 2 is 2.50 bits per heavy atom. The number of thiazole rings is 1. The predicted octanol–water partition coefficient (Wildman–Crippen LogP) is 2.37. The van der Waals surface area contributed by atoms with Crippen LogP contribution >= 0.6 is 11.3 Å². The molecule has 2 atom stereocenters. The molecular formula is C14H20N4OS. The maximum absolute atomic E-state index is 5.97. The molecule has 2 aromatic heterocycles. The third-order valence-electron chi connectivity index (χ3n) is 3.66. The van der Waals surface area contributed by atoms with Gasteiger partial charge in [0.25, 0.3) is 0 Å². The lowest BCUT2D eigenvalue weighted by atomic mass is 9.98. The largest absolute Gasteiger partial charge is 0.372 e. The van der Waals surface area contributed by atoms with Gasteiger partial charge in [0.15, 0.2) is 0 Å². The van der Waals surface area contributed by atoms with Crippen molar-refractivity contribution in [2.75, 3.05) is 6.61 Å². The van der Waals surface area contributed by atoms with Gasteiger partial charge in [0.05, 0.1) is 17.4 Å². The van der Waals surface area contributed by atoms with Gasteiger partial charge >= 0.3 is 0 Å². The molecule has 0 spiro atoms. The minimum Gasteiger partial charge on any atom is -0.372 e. The normalized spacial score (nSPS) is 23.1. The molecule has 6 heteroatoms. The molecule has 1 aliphatic rings. The van der Waals surface area contributed by atoms with Gasteiger partial charge in [0, 0.05) is 42.9 Å². The first-order chi connectivity index (χ1) is 9.86. The van der Waals surface area contributed by atoms with Crippen molar-refractivity contribution in [3.63, 3.8) is 0 Å². The lowest BCUT2D eigenvalue weighted by Gasteiger charge is -2.31. The van der Waals surface area contributed by atoms with E-state index in [1.54, 1.807) is 11.3 Å². The summed E-state index contributed by atoms with van der Waals surface area (Å²) in [4.78, 5) is 4.31. The molecule has 0 amide bonds. The SMILES string of the molecule is CCn1cc([C@H]2OCCC[C@@H]2NCc2cscn2)cn1. The van der Waals surface area contributed by atoms with E-state index in [-0.39, 0.29) is 6.10 Å². The fraction of sp³-hybridized carbons (Fsp3) is 0.571. The Hall–Kier alpha value is -1.24. The van der Waals surface area contributed by atoms with Crippen LogP contribution in [0, 0.1) is 0 Å². The molecule has 1 N–H and O–H groups in total. The molecule has 1 aliphatic heterocycles. The van der Waals surface area contributed by atoms with Gasteiger partial charge in [0.2, 0.25) is 0 Å². The minimum atomic E-state index is 0.0997. The van der Waals surface area contributed by atoms with E-state index >= 15 is 0 Å². The van der Waals surface area contributed by atoms with Crippen LogP contribution in [-0.4, -0.2) is 27.4 Å². The molecule has 108 valence electrons. The van der Waals surface area contributed by atoms with Crippen LogP contribution in [0.1, 0.15) is 37.1 Å². The molecule has 0 aliphatic carbocycles. The first-order valence-corrected chi connectivity index (χ1v) is 8.05. The van der Waals surface area contributed by atoms with Crippen LogP contribution in [0.5, 0.6) is 0 Å². The molecule has 20 heavy (non-hydrogen) atoms. The van der Waals surface area contributed by atoms with Gasteiger partial charge in [0.1, 0.15) is 6.10 Å². The lowest BCUT2D eigenvalue weighted by Crippen LogP contribution is -2.39. The summed E-state index contributed by atoms with van der Waals surface area (Å²) in [7, 11) is 0. The molecule has 0 radical (unpaired) electrons. The summed E-state index contributed by atoms with van der Waals surface area (Å²) in [5, 5.41) is 10.0. The third kappa shape index (κ3) is 3.08. The molecular weight excluding hydrogens is 272 g/mol. The minimum absolute atomic E-state index is 0.0997. The van der Waals surface area contributed by atoms with Crippen molar-refractivity contribution in [3.8, 4) is 0 Å². The number of nitrogens with one attached hydrogen (secondary N) is 1. The van der Waals surface area contributed by atoms with E-state index in [2.05, 4.69) is 33.9 Å². The van der Waals surface area contributed by atoms with Crippen molar-refractivity contribution in [3.05, 3.63) is 34.5 Å². The van der Waals surface area contributed by atoms with Gasteiger partial charge in [-0.1, -0.05) is 0 Å². The lowest BCUT2D eigenvalue weighted by molar-refractivity contribution is -0.0113.